The van der Waals surface area contributed by atoms with Crippen molar-refractivity contribution in [2.45, 2.75) is 4.90 Å². The van der Waals surface area contributed by atoms with Crippen molar-refractivity contribution in [1.29, 1.82) is 0 Å². The molecule has 0 spiro atoms. The van der Waals surface area contributed by atoms with E-state index in [1.54, 1.807) is 18.2 Å². The lowest BCUT2D eigenvalue weighted by Crippen LogP contribution is -2.15. The third kappa shape index (κ3) is 3.09. The van der Waals surface area contributed by atoms with Crippen LogP contribution in [0.15, 0.2) is 69.5 Å². The molecule has 1 aromatic carbocycles. The first-order chi connectivity index (χ1) is 9.40. The third-order valence-corrected chi connectivity index (χ3v) is 4.28. The first kappa shape index (κ1) is 14.4. The molecule has 0 heterocycles. The summed E-state index contributed by atoms with van der Waals surface area (Å²) >= 11 is 5.78. The number of hydrogen-bond acceptors (Lipinski definition) is 4. The zero-order chi connectivity index (χ0) is 14.8. The van der Waals surface area contributed by atoms with E-state index >= 15 is 0 Å². The second-order valence-electron chi connectivity index (χ2n) is 3.95. The predicted molar refractivity (Wildman–Crippen MR) is 75.2 cm³/mol. The van der Waals surface area contributed by atoms with Crippen LogP contribution in [0.4, 0.5) is 0 Å². The average molecular weight is 312 g/mol. The fourth-order valence-electron chi connectivity index (χ4n) is 1.64. The van der Waals surface area contributed by atoms with Gasteiger partial charge in [0.25, 0.3) is 5.71 Å². The Morgan fingerprint density at radius 3 is 2.45 bits per heavy atom. The monoisotopic (exact) mass is 311 g/mol. The predicted octanol–water partition coefficient (Wildman–Crippen LogP) is 2.38. The number of sulfone groups is 1. The van der Waals surface area contributed by atoms with E-state index in [-0.39, 0.29) is 21.2 Å². The van der Waals surface area contributed by atoms with E-state index < -0.39 is 14.7 Å². The van der Waals surface area contributed by atoms with Gasteiger partial charge in [-0.15, -0.1) is 0 Å². The van der Waals surface area contributed by atoms with Crippen LogP contribution in [0.5, 0.6) is 0 Å². The van der Waals surface area contributed by atoms with Gasteiger partial charge in [-0.05, 0) is 24.3 Å². The van der Waals surface area contributed by atoms with Gasteiger partial charge in [0.05, 0.1) is 10.5 Å². The van der Waals surface area contributed by atoms with Crippen molar-refractivity contribution in [2.75, 3.05) is 0 Å². The van der Waals surface area contributed by atoms with Crippen LogP contribution in [0.1, 0.15) is 0 Å². The van der Waals surface area contributed by atoms with Crippen molar-refractivity contribution < 1.29 is 18.5 Å². The van der Waals surface area contributed by atoms with E-state index in [9.17, 15) is 13.6 Å². The van der Waals surface area contributed by atoms with Crippen molar-refractivity contribution >= 4 is 27.1 Å². The van der Waals surface area contributed by atoms with Crippen LogP contribution in [0.25, 0.3) is 0 Å². The van der Waals surface area contributed by atoms with Gasteiger partial charge in [0.2, 0.25) is 9.84 Å². The molecule has 2 rings (SSSR count). The maximum absolute atomic E-state index is 12.2. The molecule has 7 heteroatoms. The van der Waals surface area contributed by atoms with E-state index in [0.29, 0.717) is 0 Å². The Morgan fingerprint density at radius 1 is 1.20 bits per heavy atom. The van der Waals surface area contributed by atoms with E-state index in [1.165, 1.54) is 30.4 Å². The fourth-order valence-corrected chi connectivity index (χ4v) is 3.02. The fraction of sp³-hybridized carbons (Fsp3) is 0. The summed E-state index contributed by atoms with van der Waals surface area (Å²) in [4.78, 5) is -0.316. The summed E-state index contributed by atoms with van der Waals surface area (Å²) in [5.41, 5.74) is -0.187. The number of rotatable bonds is 2. The van der Waals surface area contributed by atoms with Crippen LogP contribution in [0, 0.1) is 5.21 Å². The van der Waals surface area contributed by atoms with E-state index in [4.69, 9.17) is 16.8 Å². The number of hydrogen-bond donors (Lipinski definition) is 1. The Kier molecular flexibility index (Phi) is 3.96. The first-order valence-electron chi connectivity index (χ1n) is 5.51. The smallest absolute Gasteiger partial charge is 0.275 e. The van der Waals surface area contributed by atoms with Gasteiger partial charge in [0.1, 0.15) is 0 Å². The molecule has 0 aliphatic heterocycles. The molecule has 0 bridgehead atoms. The largest absolute Gasteiger partial charge is 0.417 e. The molecule has 0 radical (unpaired) electrons. The molecular weight excluding hydrogens is 302 g/mol. The van der Waals surface area contributed by atoms with Crippen molar-refractivity contribution in [3.8, 4) is 0 Å². The molecule has 0 amide bonds. The number of allylic oxidation sites excluding steroid dienone is 5. The second-order valence-corrected chi connectivity index (χ2v) is 6.19. The third-order valence-electron chi connectivity index (χ3n) is 2.55. The highest BCUT2D eigenvalue weighted by atomic mass is 35.5. The topological polar surface area (TPSA) is 80.4 Å². The molecule has 0 fully saturated rings. The highest BCUT2D eigenvalue weighted by Crippen LogP contribution is 2.20. The summed E-state index contributed by atoms with van der Waals surface area (Å²) in [5.74, 6) is 0. The summed E-state index contributed by atoms with van der Waals surface area (Å²) < 4.78 is 24.4. The molecule has 1 N–H and O–H groups in total. The van der Waals surface area contributed by atoms with E-state index in [0.717, 1.165) is 5.41 Å². The van der Waals surface area contributed by atoms with Gasteiger partial charge in [-0.2, -0.15) is 0 Å². The van der Waals surface area contributed by atoms with Gasteiger partial charge in [-0.3, -0.25) is 5.21 Å². The van der Waals surface area contributed by atoms with Gasteiger partial charge in [-0.25, -0.2) is 8.42 Å². The molecule has 0 saturated heterocycles. The minimum absolute atomic E-state index is 0.0128. The molecule has 0 unspecified atom stereocenters. The summed E-state index contributed by atoms with van der Waals surface area (Å²) in [6, 6.07) is 7.74. The van der Waals surface area contributed by atoms with Crippen LogP contribution in [-0.4, -0.2) is 24.2 Å². The first-order valence-corrected chi connectivity index (χ1v) is 7.43. The van der Waals surface area contributed by atoms with Crippen LogP contribution in [-0.2, 0) is 9.84 Å². The van der Waals surface area contributed by atoms with Crippen LogP contribution in [0.3, 0.4) is 0 Å². The van der Waals surface area contributed by atoms with Crippen LogP contribution < -0.4 is 0 Å². The maximum atomic E-state index is 12.2. The Labute approximate surface area is 120 Å². The van der Waals surface area contributed by atoms with Crippen LogP contribution in [0.2, 0.25) is 0 Å². The molecule has 1 aliphatic rings. The van der Waals surface area contributed by atoms with Crippen molar-refractivity contribution in [2.24, 2.45) is 0 Å². The van der Waals surface area contributed by atoms with Crippen molar-refractivity contribution in [3.63, 3.8) is 0 Å². The summed E-state index contributed by atoms with van der Waals surface area (Å²) in [5, 5.41) is 21.1. The Hall–Kier alpha value is -2.05. The summed E-state index contributed by atoms with van der Waals surface area (Å²) in [6.45, 7) is 0. The van der Waals surface area contributed by atoms with Crippen LogP contribution >= 0.6 is 11.6 Å². The zero-order valence-corrected chi connectivity index (χ0v) is 11.7. The Morgan fingerprint density at radius 2 is 1.85 bits per heavy atom. The zero-order valence-electron chi connectivity index (χ0n) is 10.1. The molecule has 1 aliphatic carbocycles. The molecule has 5 nitrogen and oxygen atoms in total. The standard InChI is InChI=1S/C13H10ClNO4S/c14-11-6-7-13(15(16)17)10(8-11)9-20(18,19)12-4-2-1-3-5-12/h1-9H,(H,16,17)/b10-9+. The molecule has 0 saturated carbocycles. The maximum Gasteiger partial charge on any atom is 0.275 e. The minimum atomic E-state index is -3.75. The van der Waals surface area contributed by atoms with Gasteiger partial charge < -0.3 is 5.21 Å². The number of benzene rings is 1. The quantitative estimate of drug-likeness (QED) is 0.516. The molecule has 104 valence electrons. The molecule has 0 atom stereocenters. The Balaban J connectivity index is 2.54. The number of nitrogens with zero attached hydrogens (tertiary/aromatic N) is 1. The second kappa shape index (κ2) is 5.52. The van der Waals surface area contributed by atoms with Crippen molar-refractivity contribution in [1.82, 2.24) is 0 Å². The SMILES string of the molecule is O=S(=O)(/C=C1\C=C(Cl)C=CC1=[N+]([O-])O)c1ccccc1. The van der Waals surface area contributed by atoms with Gasteiger partial charge in [0, 0.05) is 21.4 Å². The lowest BCUT2D eigenvalue weighted by Gasteiger charge is -2.06. The normalized spacial score (nSPS) is 19.9. The molecular formula is C13H10ClNO4S. The highest BCUT2D eigenvalue weighted by Gasteiger charge is 2.21. The molecule has 1 aromatic rings. The number of halogens is 1. The average Bonchev–Trinajstić information content (AvgIpc) is 2.39. The highest BCUT2D eigenvalue weighted by molar-refractivity contribution is 7.94. The lowest BCUT2D eigenvalue weighted by molar-refractivity contribution is -0.725. The van der Waals surface area contributed by atoms with E-state index in [1.807, 2.05) is 0 Å². The van der Waals surface area contributed by atoms with Gasteiger partial charge >= 0.3 is 0 Å². The molecule has 0 aromatic heterocycles. The summed E-state index contributed by atoms with van der Waals surface area (Å²) in [7, 11) is -3.75. The van der Waals surface area contributed by atoms with Gasteiger partial charge in [-0.1, -0.05) is 29.8 Å². The van der Waals surface area contributed by atoms with Gasteiger partial charge in [0.15, 0.2) is 0 Å². The molecule has 20 heavy (non-hydrogen) atoms. The summed E-state index contributed by atoms with van der Waals surface area (Å²) in [6.07, 6.45) is 3.91. The Bertz CT molecular complexity index is 742. The lowest BCUT2D eigenvalue weighted by atomic mass is 10.1. The van der Waals surface area contributed by atoms with E-state index in [2.05, 4.69) is 0 Å². The minimum Gasteiger partial charge on any atom is -0.417 e. The van der Waals surface area contributed by atoms with Crippen molar-refractivity contribution in [3.05, 3.63) is 69.8 Å².